The molecule has 0 aromatic heterocycles. The Morgan fingerprint density at radius 3 is 1.11 bits per heavy atom. The third kappa shape index (κ3) is 6.64. The molecule has 4 saturated heterocycles. The van der Waals surface area contributed by atoms with E-state index in [1.807, 2.05) is 60.7 Å². The van der Waals surface area contributed by atoms with E-state index in [2.05, 4.69) is 0 Å². The Bertz CT molecular complexity index is 2600. The van der Waals surface area contributed by atoms with Gasteiger partial charge in [0.05, 0.1) is 44.7 Å². The molecule has 312 valence electrons. The van der Waals surface area contributed by atoms with Gasteiger partial charge in [-0.2, -0.15) is 0 Å². The number of anilines is 4. The highest BCUT2D eigenvalue weighted by Gasteiger charge is 2.61. The fourth-order valence-electron chi connectivity index (χ4n) is 8.96. The second-order valence-electron chi connectivity index (χ2n) is 15.5. The molecular formula is C47H34N6O10. The summed E-state index contributed by atoms with van der Waals surface area (Å²) in [6.07, 6.45) is -1.78. The van der Waals surface area contributed by atoms with Crippen molar-refractivity contribution in [1.29, 1.82) is 0 Å². The van der Waals surface area contributed by atoms with Gasteiger partial charge < -0.3 is 0 Å². The summed E-state index contributed by atoms with van der Waals surface area (Å²) < 4.78 is 0. The standard InChI is InChI=1S/C47H34N6O10/c54-44-38-40(30-15-23-36(24-16-30)52(58)59)50(34-7-3-1-4-8-34)62-42(38)46(56)48(44)32-19-11-28(12-20-32)27-29-13-21-33(22-14-29)49-45(55)39-41(31-17-25-37(26-18-31)53(60)61)51(63-43(39)47(49)57)35-9-5-2-6-10-35/h1-26,38-43H,27H2. The minimum atomic E-state index is -1.12. The molecule has 0 radical (unpaired) electrons. The van der Waals surface area contributed by atoms with Crippen LogP contribution in [0.2, 0.25) is 0 Å². The average molecular weight is 843 g/mol. The number of non-ortho nitro benzene ring substituents is 2. The van der Waals surface area contributed by atoms with Gasteiger partial charge in [-0.3, -0.25) is 49.1 Å². The van der Waals surface area contributed by atoms with Crippen molar-refractivity contribution >= 4 is 57.8 Å². The summed E-state index contributed by atoms with van der Waals surface area (Å²) in [5.74, 6) is -3.80. The normalized spacial score (nSPS) is 22.8. The van der Waals surface area contributed by atoms with Crippen LogP contribution in [0.4, 0.5) is 34.1 Å². The molecule has 10 rings (SSSR count). The molecule has 4 heterocycles. The zero-order valence-electron chi connectivity index (χ0n) is 32.9. The molecule has 4 aliphatic rings. The molecule has 63 heavy (non-hydrogen) atoms. The second-order valence-corrected chi connectivity index (χ2v) is 15.5. The minimum Gasteiger partial charge on any atom is -0.273 e. The van der Waals surface area contributed by atoms with Crippen molar-refractivity contribution in [2.75, 3.05) is 19.9 Å². The highest BCUT2D eigenvalue weighted by Crippen LogP contribution is 2.49. The summed E-state index contributed by atoms with van der Waals surface area (Å²) in [7, 11) is 0. The first-order valence-corrected chi connectivity index (χ1v) is 20.0. The first-order valence-electron chi connectivity index (χ1n) is 20.0. The van der Waals surface area contributed by atoms with Gasteiger partial charge in [0.1, 0.15) is 11.8 Å². The van der Waals surface area contributed by atoms with Crippen LogP contribution in [0.1, 0.15) is 34.3 Å². The van der Waals surface area contributed by atoms with Crippen LogP contribution in [0.3, 0.4) is 0 Å². The van der Waals surface area contributed by atoms with Crippen molar-refractivity contribution in [3.05, 3.63) is 200 Å². The lowest BCUT2D eigenvalue weighted by Gasteiger charge is -2.28. The van der Waals surface area contributed by atoms with E-state index in [0.717, 1.165) is 20.9 Å². The number of amides is 4. The largest absolute Gasteiger partial charge is 0.273 e. The Morgan fingerprint density at radius 1 is 0.429 bits per heavy atom. The summed E-state index contributed by atoms with van der Waals surface area (Å²) in [6, 6.07) is 42.4. The molecule has 6 aromatic rings. The molecule has 0 saturated carbocycles. The molecule has 6 atom stereocenters. The van der Waals surface area contributed by atoms with Crippen LogP contribution in [-0.2, 0) is 35.3 Å². The van der Waals surface area contributed by atoms with Gasteiger partial charge in [-0.25, -0.2) is 19.9 Å². The van der Waals surface area contributed by atoms with Crippen molar-refractivity contribution in [3.8, 4) is 0 Å². The molecule has 0 N–H and O–H groups in total. The number of para-hydroxylation sites is 2. The maximum Gasteiger partial charge on any atom is 0.269 e. The topological polar surface area (TPSA) is 186 Å². The predicted molar refractivity (Wildman–Crippen MR) is 227 cm³/mol. The number of imide groups is 2. The third-order valence-corrected chi connectivity index (χ3v) is 11.9. The van der Waals surface area contributed by atoms with Gasteiger partial charge in [-0.1, -0.05) is 84.9 Å². The third-order valence-electron chi connectivity index (χ3n) is 11.9. The van der Waals surface area contributed by atoms with Crippen molar-refractivity contribution in [3.63, 3.8) is 0 Å². The van der Waals surface area contributed by atoms with Crippen molar-refractivity contribution < 1.29 is 38.7 Å². The van der Waals surface area contributed by atoms with Crippen LogP contribution < -0.4 is 19.9 Å². The number of nitrogens with zero attached hydrogens (tertiary/aromatic N) is 6. The number of hydrogen-bond donors (Lipinski definition) is 0. The zero-order chi connectivity index (χ0) is 43.5. The Hall–Kier alpha value is -8.08. The smallest absolute Gasteiger partial charge is 0.269 e. The van der Waals surface area contributed by atoms with Crippen LogP contribution in [0.5, 0.6) is 0 Å². The van der Waals surface area contributed by atoms with Gasteiger partial charge in [-0.15, -0.1) is 0 Å². The average Bonchev–Trinajstić information content (AvgIpc) is 4.03. The van der Waals surface area contributed by atoms with E-state index in [0.29, 0.717) is 40.3 Å². The van der Waals surface area contributed by atoms with Crippen molar-refractivity contribution in [2.24, 2.45) is 11.8 Å². The SMILES string of the molecule is O=C1C2ON(c3ccccc3)C(c3ccc([N+](=O)[O-])cc3)C2C(=O)N1c1ccc(Cc2ccc(N3C(=O)C4ON(c5ccccc5)C(c5ccc([N+](=O)[O-])cc5)C4C3=O)cc2)cc1. The molecule has 16 nitrogen and oxygen atoms in total. The van der Waals surface area contributed by atoms with Crippen LogP contribution >= 0.6 is 0 Å². The maximum atomic E-state index is 14.2. The highest BCUT2D eigenvalue weighted by molar-refractivity contribution is 6.24. The monoisotopic (exact) mass is 842 g/mol. The summed E-state index contributed by atoms with van der Waals surface area (Å²) >= 11 is 0. The van der Waals surface area contributed by atoms with Gasteiger partial charge in [0.15, 0.2) is 12.2 Å². The highest BCUT2D eigenvalue weighted by atomic mass is 16.7. The molecule has 4 fully saturated rings. The van der Waals surface area contributed by atoms with Crippen LogP contribution in [0.25, 0.3) is 0 Å². The molecule has 6 aromatic carbocycles. The Balaban J connectivity index is 0.850. The quantitative estimate of drug-likeness (QED) is 0.0769. The lowest BCUT2D eigenvalue weighted by molar-refractivity contribution is -0.385. The number of carbonyl (C=O) groups is 4. The van der Waals surface area contributed by atoms with Gasteiger partial charge in [0.2, 0.25) is 11.8 Å². The number of fused-ring (bicyclic) bond motifs is 2. The molecule has 4 aliphatic heterocycles. The van der Waals surface area contributed by atoms with Crippen LogP contribution in [0.15, 0.2) is 158 Å². The fourth-order valence-corrected chi connectivity index (χ4v) is 8.96. The van der Waals surface area contributed by atoms with E-state index in [1.54, 1.807) is 72.8 Å². The van der Waals surface area contributed by atoms with Crippen LogP contribution in [0, 0.1) is 32.1 Å². The molecule has 0 spiro atoms. The van der Waals surface area contributed by atoms with E-state index in [-0.39, 0.29) is 11.4 Å². The zero-order valence-corrected chi connectivity index (χ0v) is 32.9. The Labute approximate surface area is 358 Å². The predicted octanol–water partition coefficient (Wildman–Crippen LogP) is 7.20. The fraction of sp³-hybridized carbons (Fsp3) is 0.149. The van der Waals surface area contributed by atoms with Gasteiger partial charge in [0.25, 0.3) is 23.2 Å². The summed E-state index contributed by atoms with van der Waals surface area (Å²) in [4.78, 5) is 92.6. The van der Waals surface area contributed by atoms with E-state index >= 15 is 0 Å². The second kappa shape index (κ2) is 15.4. The van der Waals surface area contributed by atoms with E-state index in [9.17, 15) is 39.4 Å². The number of nitro benzene ring substituents is 2. The number of benzene rings is 6. The molecule has 0 bridgehead atoms. The number of carbonyl (C=O) groups excluding carboxylic acids is 4. The van der Waals surface area contributed by atoms with E-state index in [4.69, 9.17) is 9.68 Å². The molecule has 4 amide bonds. The summed E-state index contributed by atoms with van der Waals surface area (Å²) in [5, 5.41) is 25.8. The maximum absolute atomic E-state index is 14.2. The van der Waals surface area contributed by atoms with E-state index < -0.39 is 69.6 Å². The first-order chi connectivity index (χ1) is 30.6. The minimum absolute atomic E-state index is 0.103. The molecular weight excluding hydrogens is 809 g/mol. The summed E-state index contributed by atoms with van der Waals surface area (Å²) in [5.41, 5.74) is 4.67. The number of hydrogen-bond acceptors (Lipinski definition) is 12. The number of rotatable bonds is 10. The van der Waals surface area contributed by atoms with Gasteiger partial charge in [-0.05, 0) is 77.2 Å². The first kappa shape index (κ1) is 39.1. The van der Waals surface area contributed by atoms with E-state index in [1.165, 1.54) is 34.4 Å². The van der Waals surface area contributed by atoms with Gasteiger partial charge >= 0.3 is 0 Å². The molecule has 0 aliphatic carbocycles. The molecule has 16 heteroatoms. The van der Waals surface area contributed by atoms with Crippen molar-refractivity contribution in [1.82, 2.24) is 0 Å². The molecule has 6 unspecified atom stereocenters. The number of nitro groups is 2. The summed E-state index contributed by atoms with van der Waals surface area (Å²) in [6.45, 7) is 0. The Morgan fingerprint density at radius 2 is 0.778 bits per heavy atom. The number of hydroxylamine groups is 2. The van der Waals surface area contributed by atoms with Crippen LogP contribution in [-0.4, -0.2) is 45.7 Å². The lowest BCUT2D eigenvalue weighted by Crippen LogP contribution is -2.37. The van der Waals surface area contributed by atoms with Gasteiger partial charge in [0, 0.05) is 24.3 Å². The lowest BCUT2D eigenvalue weighted by atomic mass is 9.90. The Kier molecular flexibility index (Phi) is 9.57. The van der Waals surface area contributed by atoms with Crippen molar-refractivity contribution in [2.45, 2.75) is 30.7 Å².